The first-order chi connectivity index (χ1) is 18.5. The fourth-order valence-electron chi connectivity index (χ4n) is 5.03. The number of anilines is 3. The summed E-state index contributed by atoms with van der Waals surface area (Å²) in [5, 5.41) is 15.3. The van der Waals surface area contributed by atoms with Crippen LogP contribution in [0.25, 0.3) is 0 Å². The Kier molecular flexibility index (Phi) is 7.51. The minimum Gasteiger partial charge on any atom is -0.384 e. The van der Waals surface area contributed by atoms with Gasteiger partial charge in [0.1, 0.15) is 23.4 Å². The average Bonchev–Trinajstić information content (AvgIpc) is 3.78. The molecule has 38 heavy (non-hydrogen) atoms. The molecule has 0 unspecified atom stereocenters. The first-order valence-electron chi connectivity index (χ1n) is 13.2. The second kappa shape index (κ2) is 11.1. The van der Waals surface area contributed by atoms with Gasteiger partial charge in [0.25, 0.3) is 0 Å². The van der Waals surface area contributed by atoms with Crippen molar-refractivity contribution in [1.29, 1.82) is 5.26 Å². The van der Waals surface area contributed by atoms with Gasteiger partial charge in [-0.3, -0.25) is 24.7 Å². The van der Waals surface area contributed by atoms with Crippen LogP contribution >= 0.6 is 0 Å². The summed E-state index contributed by atoms with van der Waals surface area (Å²) < 4.78 is 0. The van der Waals surface area contributed by atoms with E-state index in [1.54, 1.807) is 11.0 Å². The Morgan fingerprint density at radius 3 is 2.82 bits per heavy atom. The minimum atomic E-state index is -0.409. The molecule has 2 N–H and O–H groups in total. The molecule has 5 rings (SSSR count). The number of nitriles is 1. The number of aromatic nitrogens is 2. The van der Waals surface area contributed by atoms with Crippen molar-refractivity contribution >= 4 is 35.5 Å². The van der Waals surface area contributed by atoms with Gasteiger partial charge in [0.2, 0.25) is 5.91 Å². The van der Waals surface area contributed by atoms with Crippen LogP contribution in [-0.2, 0) is 17.8 Å². The molecule has 0 atom stereocenters. The number of amides is 3. The van der Waals surface area contributed by atoms with Crippen LogP contribution in [0.5, 0.6) is 0 Å². The molecule has 2 aliphatic heterocycles. The zero-order valence-electron chi connectivity index (χ0n) is 21.6. The third kappa shape index (κ3) is 5.45. The summed E-state index contributed by atoms with van der Waals surface area (Å²) in [6.45, 7) is 5.39. The monoisotopic (exact) mass is 516 g/mol. The van der Waals surface area contributed by atoms with Crippen molar-refractivity contribution in [2.45, 2.75) is 51.6 Å². The fraction of sp³-hybridized carbons (Fsp3) is 0.481. The van der Waals surface area contributed by atoms with Gasteiger partial charge in [0, 0.05) is 56.6 Å². The van der Waals surface area contributed by atoms with Crippen molar-refractivity contribution < 1.29 is 14.4 Å². The number of nitrogens with zero attached hydrogens (tertiary/aromatic N) is 6. The summed E-state index contributed by atoms with van der Waals surface area (Å²) in [7, 11) is 0. The second-order valence-electron chi connectivity index (χ2n) is 9.99. The molecule has 11 nitrogen and oxygen atoms in total. The summed E-state index contributed by atoms with van der Waals surface area (Å²) in [6, 6.07) is 5.80. The van der Waals surface area contributed by atoms with Crippen LogP contribution in [0.4, 0.5) is 22.1 Å². The topological polar surface area (TPSA) is 135 Å². The summed E-state index contributed by atoms with van der Waals surface area (Å²) in [5.74, 6) is 0.833. The number of aldehydes is 1. The molecular formula is C27H32N8O3. The zero-order valence-corrected chi connectivity index (χ0v) is 21.6. The Morgan fingerprint density at radius 1 is 1.26 bits per heavy atom. The third-order valence-corrected chi connectivity index (χ3v) is 7.23. The number of nitrogens with one attached hydrogen (secondary N) is 2. The zero-order chi connectivity index (χ0) is 26.6. The van der Waals surface area contributed by atoms with Crippen LogP contribution in [0, 0.1) is 11.3 Å². The van der Waals surface area contributed by atoms with Gasteiger partial charge in [-0.1, -0.05) is 6.92 Å². The highest BCUT2D eigenvalue weighted by Gasteiger charge is 2.35. The Bertz CT molecular complexity index is 1290. The van der Waals surface area contributed by atoms with E-state index < -0.39 is 6.03 Å². The summed E-state index contributed by atoms with van der Waals surface area (Å²) in [5.41, 5.74) is 2.82. The predicted octanol–water partition coefficient (Wildman–Crippen LogP) is 2.77. The molecule has 0 spiro atoms. The number of aryl methyl sites for hydroxylation is 1. The van der Waals surface area contributed by atoms with Crippen molar-refractivity contribution in [3.63, 3.8) is 0 Å². The molecule has 1 saturated heterocycles. The van der Waals surface area contributed by atoms with E-state index >= 15 is 0 Å². The molecule has 2 aromatic heterocycles. The summed E-state index contributed by atoms with van der Waals surface area (Å²) in [6.07, 6.45) is 6.81. The van der Waals surface area contributed by atoms with Gasteiger partial charge in [0.05, 0.1) is 17.8 Å². The van der Waals surface area contributed by atoms with E-state index in [1.165, 1.54) is 23.9 Å². The summed E-state index contributed by atoms with van der Waals surface area (Å²) in [4.78, 5) is 52.4. The lowest BCUT2D eigenvalue weighted by Crippen LogP contribution is -2.50. The van der Waals surface area contributed by atoms with Crippen molar-refractivity contribution in [2.24, 2.45) is 0 Å². The molecule has 198 valence electrons. The predicted molar refractivity (Wildman–Crippen MR) is 142 cm³/mol. The molecule has 1 saturated carbocycles. The molecule has 11 heteroatoms. The molecule has 2 fully saturated rings. The van der Waals surface area contributed by atoms with Crippen LogP contribution in [0.3, 0.4) is 0 Å². The molecule has 0 bridgehead atoms. The number of carbonyl (C=O) groups excluding carboxylic acids is 3. The van der Waals surface area contributed by atoms with E-state index in [9.17, 15) is 19.6 Å². The normalized spacial score (nSPS) is 17.5. The maximum absolute atomic E-state index is 13.2. The van der Waals surface area contributed by atoms with Crippen molar-refractivity contribution in [3.8, 4) is 6.07 Å². The van der Waals surface area contributed by atoms with Crippen LogP contribution in [0.2, 0.25) is 0 Å². The van der Waals surface area contributed by atoms with E-state index in [1.807, 2.05) is 13.0 Å². The standard InChI is InChI=1S/C27H32N8O3/c1-2-7-29-22-12-24(30-14-20(22)13-28)32-27(38)35-8-3-4-18-11-19(23(17-36)31-26(18)35)15-34-10-9-33(16-25(34)37)21-5-6-21/h11-12,14,17,21H,2-10,15-16H2,1H3,(H2,29,30,32,38). The molecule has 3 aliphatic rings. The van der Waals surface area contributed by atoms with E-state index in [4.69, 9.17) is 0 Å². The van der Waals surface area contributed by atoms with E-state index in [0.717, 1.165) is 31.4 Å². The highest BCUT2D eigenvalue weighted by atomic mass is 16.2. The van der Waals surface area contributed by atoms with E-state index in [-0.39, 0.29) is 11.6 Å². The number of hydrogen-bond acceptors (Lipinski definition) is 8. The Balaban J connectivity index is 1.32. The molecule has 3 amide bonds. The number of carbonyl (C=O) groups is 3. The average molecular weight is 517 g/mol. The van der Waals surface area contributed by atoms with Crippen LogP contribution in [0.15, 0.2) is 18.3 Å². The number of pyridine rings is 2. The minimum absolute atomic E-state index is 0.0708. The van der Waals surface area contributed by atoms with Gasteiger partial charge in [-0.05, 0) is 43.7 Å². The van der Waals surface area contributed by atoms with Crippen molar-refractivity contribution in [2.75, 3.05) is 48.3 Å². The maximum atomic E-state index is 13.2. The number of rotatable bonds is 8. The van der Waals surface area contributed by atoms with Gasteiger partial charge >= 0.3 is 6.03 Å². The quantitative estimate of drug-likeness (QED) is 0.512. The van der Waals surface area contributed by atoms with Crippen LogP contribution in [0.1, 0.15) is 59.8 Å². The molecule has 1 aliphatic carbocycles. The molecular weight excluding hydrogens is 484 g/mol. The second-order valence-corrected chi connectivity index (χ2v) is 9.99. The maximum Gasteiger partial charge on any atom is 0.328 e. The molecule has 0 aromatic carbocycles. The van der Waals surface area contributed by atoms with Crippen LogP contribution in [-0.4, -0.2) is 76.8 Å². The summed E-state index contributed by atoms with van der Waals surface area (Å²) >= 11 is 0. The van der Waals surface area contributed by atoms with Gasteiger partial charge in [-0.2, -0.15) is 5.26 Å². The van der Waals surface area contributed by atoms with Gasteiger partial charge in [0.15, 0.2) is 6.29 Å². The SMILES string of the molecule is CCCNc1cc(NC(=O)N2CCCc3cc(CN4CCN(C5CC5)CC4=O)c(C=O)nc32)ncc1C#N. The first-order valence-corrected chi connectivity index (χ1v) is 13.2. The van der Waals surface area contributed by atoms with Crippen LogP contribution < -0.4 is 15.5 Å². The Hall–Kier alpha value is -4.04. The van der Waals surface area contributed by atoms with Gasteiger partial charge < -0.3 is 10.2 Å². The smallest absolute Gasteiger partial charge is 0.328 e. The molecule has 4 heterocycles. The molecule has 0 radical (unpaired) electrons. The lowest BCUT2D eigenvalue weighted by molar-refractivity contribution is -0.136. The largest absolute Gasteiger partial charge is 0.384 e. The Morgan fingerprint density at radius 2 is 2.11 bits per heavy atom. The number of urea groups is 1. The first kappa shape index (κ1) is 25.6. The highest BCUT2D eigenvalue weighted by molar-refractivity contribution is 6.02. The lowest BCUT2D eigenvalue weighted by atomic mass is 10.0. The third-order valence-electron chi connectivity index (χ3n) is 7.23. The van der Waals surface area contributed by atoms with Crippen molar-refractivity contribution in [1.82, 2.24) is 19.8 Å². The number of fused-ring (bicyclic) bond motifs is 1. The van der Waals surface area contributed by atoms with Crippen molar-refractivity contribution in [3.05, 3.63) is 40.7 Å². The Labute approximate surface area is 221 Å². The number of piperazine rings is 1. The lowest BCUT2D eigenvalue weighted by Gasteiger charge is -2.35. The van der Waals surface area contributed by atoms with E-state index in [0.29, 0.717) is 73.5 Å². The fourth-order valence-corrected chi connectivity index (χ4v) is 5.03. The molecule has 2 aromatic rings. The van der Waals surface area contributed by atoms with Gasteiger partial charge in [-0.25, -0.2) is 14.8 Å². The number of hydrogen-bond donors (Lipinski definition) is 2. The highest BCUT2D eigenvalue weighted by Crippen LogP contribution is 2.30. The van der Waals surface area contributed by atoms with Gasteiger partial charge in [-0.15, -0.1) is 0 Å². The van der Waals surface area contributed by atoms with E-state index in [2.05, 4.69) is 31.6 Å².